The van der Waals surface area contributed by atoms with Gasteiger partial charge >= 0.3 is 0 Å². The molecule has 92 valence electrons. The van der Waals surface area contributed by atoms with Gasteiger partial charge in [-0.3, -0.25) is 9.63 Å². The fourth-order valence-electron chi connectivity index (χ4n) is 0.951. The second kappa shape index (κ2) is 8.20. The van der Waals surface area contributed by atoms with Gasteiger partial charge in [0, 0.05) is 0 Å². The summed E-state index contributed by atoms with van der Waals surface area (Å²) in [5, 5.41) is 9.26. The molecule has 1 heterocycles. The number of rotatable bonds is 4. The van der Waals surface area contributed by atoms with Gasteiger partial charge in [0.15, 0.2) is 0 Å². The van der Waals surface area contributed by atoms with Gasteiger partial charge in [0.25, 0.3) is 5.91 Å². The van der Waals surface area contributed by atoms with Crippen molar-refractivity contribution in [2.45, 2.75) is 27.7 Å². The third-order valence-electron chi connectivity index (χ3n) is 1.47. The standard InChI is InChI=1S/C8H12N2O3S.C2H6/c1-5-7(14-6(2)9-5)8(12)10-13-4-3-11;1-2/h11H,3-4H2,1-2H3,(H,10,12);1-2H3. The number of thiazole rings is 1. The normalized spacial score (nSPS) is 9.31. The lowest BCUT2D eigenvalue weighted by Gasteiger charge is -2.02. The highest BCUT2D eigenvalue weighted by molar-refractivity contribution is 7.13. The van der Waals surface area contributed by atoms with Crippen LogP contribution in [0.2, 0.25) is 0 Å². The zero-order chi connectivity index (χ0) is 12.6. The molecule has 0 radical (unpaired) electrons. The van der Waals surface area contributed by atoms with Crippen molar-refractivity contribution in [3.05, 3.63) is 15.6 Å². The molecular formula is C10H18N2O3S. The van der Waals surface area contributed by atoms with Gasteiger partial charge in [-0.15, -0.1) is 11.3 Å². The molecule has 1 aromatic heterocycles. The Balaban J connectivity index is 0.00000106. The fraction of sp³-hybridized carbons (Fsp3) is 0.600. The molecule has 0 aliphatic carbocycles. The molecule has 0 fully saturated rings. The molecular weight excluding hydrogens is 228 g/mol. The van der Waals surface area contributed by atoms with Gasteiger partial charge in [-0.2, -0.15) is 0 Å². The van der Waals surface area contributed by atoms with Crippen LogP contribution in [0.5, 0.6) is 0 Å². The van der Waals surface area contributed by atoms with E-state index in [9.17, 15) is 4.79 Å². The Morgan fingerprint density at radius 2 is 2.12 bits per heavy atom. The second-order valence-corrected chi connectivity index (χ2v) is 3.85. The van der Waals surface area contributed by atoms with Crippen LogP contribution in [0, 0.1) is 13.8 Å². The molecule has 16 heavy (non-hydrogen) atoms. The van der Waals surface area contributed by atoms with Crippen molar-refractivity contribution >= 4 is 17.2 Å². The first kappa shape index (κ1) is 15.0. The van der Waals surface area contributed by atoms with Gasteiger partial charge in [0.05, 0.1) is 23.9 Å². The van der Waals surface area contributed by atoms with Crippen LogP contribution in [-0.4, -0.2) is 29.2 Å². The number of nitrogens with zero attached hydrogens (tertiary/aromatic N) is 1. The Labute approximate surface area is 99.4 Å². The number of aryl methyl sites for hydroxylation is 2. The van der Waals surface area contributed by atoms with Gasteiger partial charge in [0.2, 0.25) is 0 Å². The summed E-state index contributed by atoms with van der Waals surface area (Å²) in [4.78, 5) is 20.8. The molecule has 1 aromatic rings. The molecule has 0 aromatic carbocycles. The predicted octanol–water partition coefficient (Wildman–Crippen LogP) is 1.44. The highest BCUT2D eigenvalue weighted by Gasteiger charge is 2.13. The number of amides is 1. The van der Waals surface area contributed by atoms with Crippen molar-refractivity contribution in [1.82, 2.24) is 10.5 Å². The molecule has 0 unspecified atom stereocenters. The largest absolute Gasteiger partial charge is 0.394 e. The Bertz CT molecular complexity index is 326. The van der Waals surface area contributed by atoms with Crippen LogP contribution in [0.25, 0.3) is 0 Å². The number of nitrogens with one attached hydrogen (secondary N) is 1. The highest BCUT2D eigenvalue weighted by Crippen LogP contribution is 2.16. The summed E-state index contributed by atoms with van der Waals surface area (Å²) in [6.45, 7) is 7.57. The first-order valence-corrected chi connectivity index (χ1v) is 5.94. The molecule has 0 atom stereocenters. The van der Waals surface area contributed by atoms with E-state index in [1.54, 1.807) is 6.92 Å². The van der Waals surface area contributed by atoms with Gasteiger partial charge < -0.3 is 5.11 Å². The van der Waals surface area contributed by atoms with Gasteiger partial charge in [-0.05, 0) is 13.8 Å². The molecule has 5 nitrogen and oxygen atoms in total. The number of hydrogen-bond acceptors (Lipinski definition) is 5. The molecule has 1 rings (SSSR count). The molecule has 1 amide bonds. The summed E-state index contributed by atoms with van der Waals surface area (Å²) in [6.07, 6.45) is 0. The molecule has 6 heteroatoms. The number of aromatic nitrogens is 1. The Morgan fingerprint density at radius 1 is 1.50 bits per heavy atom. The Kier molecular flexibility index (Phi) is 7.70. The van der Waals surface area contributed by atoms with Crippen LogP contribution in [0.15, 0.2) is 0 Å². The van der Waals surface area contributed by atoms with Crippen molar-refractivity contribution in [3.63, 3.8) is 0 Å². The fourth-order valence-corrected chi connectivity index (χ4v) is 1.76. The minimum absolute atomic E-state index is 0.0859. The second-order valence-electron chi connectivity index (χ2n) is 2.65. The molecule has 0 aliphatic rings. The number of aliphatic hydroxyl groups excluding tert-OH is 1. The van der Waals surface area contributed by atoms with Gasteiger partial charge in [-0.25, -0.2) is 10.5 Å². The van der Waals surface area contributed by atoms with Gasteiger partial charge in [-0.1, -0.05) is 13.8 Å². The number of hydrogen-bond donors (Lipinski definition) is 2. The van der Waals surface area contributed by atoms with E-state index in [1.807, 2.05) is 20.8 Å². The number of carbonyl (C=O) groups is 1. The summed E-state index contributed by atoms with van der Waals surface area (Å²) in [5.41, 5.74) is 2.92. The SMILES string of the molecule is CC.Cc1nc(C)c(C(=O)NOCCO)s1. The van der Waals surface area contributed by atoms with Crippen LogP contribution in [-0.2, 0) is 4.84 Å². The Hall–Kier alpha value is -0.980. The lowest BCUT2D eigenvalue weighted by Crippen LogP contribution is -2.24. The molecule has 0 bridgehead atoms. The summed E-state index contributed by atoms with van der Waals surface area (Å²) >= 11 is 1.31. The van der Waals surface area contributed by atoms with E-state index in [0.717, 1.165) is 5.01 Å². The monoisotopic (exact) mass is 246 g/mol. The minimum atomic E-state index is -0.318. The van der Waals surface area contributed by atoms with Crippen LogP contribution in [0.4, 0.5) is 0 Å². The van der Waals surface area contributed by atoms with E-state index in [0.29, 0.717) is 10.6 Å². The third kappa shape index (κ3) is 4.69. The maximum atomic E-state index is 11.4. The first-order valence-electron chi connectivity index (χ1n) is 5.12. The average Bonchev–Trinajstić information content (AvgIpc) is 2.61. The zero-order valence-electron chi connectivity index (χ0n) is 10.0. The number of aliphatic hydroxyl groups is 1. The zero-order valence-corrected chi connectivity index (χ0v) is 10.8. The summed E-state index contributed by atoms with van der Waals surface area (Å²) in [6, 6.07) is 0. The lowest BCUT2D eigenvalue weighted by molar-refractivity contribution is 0.0171. The molecule has 0 spiro atoms. The van der Waals surface area contributed by atoms with Crippen molar-refractivity contribution in [1.29, 1.82) is 0 Å². The van der Waals surface area contributed by atoms with Crippen LogP contribution >= 0.6 is 11.3 Å². The predicted molar refractivity (Wildman–Crippen MR) is 63.4 cm³/mol. The summed E-state index contributed by atoms with van der Waals surface area (Å²) in [7, 11) is 0. The van der Waals surface area contributed by atoms with E-state index in [2.05, 4.69) is 10.5 Å². The number of carbonyl (C=O) groups excluding carboxylic acids is 1. The molecule has 0 saturated heterocycles. The third-order valence-corrected chi connectivity index (χ3v) is 2.54. The maximum Gasteiger partial charge on any atom is 0.286 e. The van der Waals surface area contributed by atoms with Crippen LogP contribution in [0.1, 0.15) is 34.2 Å². The highest BCUT2D eigenvalue weighted by atomic mass is 32.1. The summed E-state index contributed by atoms with van der Waals surface area (Å²) in [5.74, 6) is -0.318. The van der Waals surface area contributed by atoms with Crippen LogP contribution < -0.4 is 5.48 Å². The molecule has 0 aliphatic heterocycles. The van der Waals surface area contributed by atoms with Crippen molar-refractivity contribution < 1.29 is 14.7 Å². The smallest absolute Gasteiger partial charge is 0.286 e. The van der Waals surface area contributed by atoms with E-state index in [4.69, 9.17) is 9.94 Å². The average molecular weight is 246 g/mol. The quantitative estimate of drug-likeness (QED) is 0.623. The minimum Gasteiger partial charge on any atom is -0.394 e. The van der Waals surface area contributed by atoms with Crippen LogP contribution in [0.3, 0.4) is 0 Å². The van der Waals surface area contributed by atoms with E-state index in [-0.39, 0.29) is 19.1 Å². The maximum absolute atomic E-state index is 11.4. The van der Waals surface area contributed by atoms with Crippen molar-refractivity contribution in [2.75, 3.05) is 13.2 Å². The van der Waals surface area contributed by atoms with Crippen molar-refractivity contribution in [2.24, 2.45) is 0 Å². The van der Waals surface area contributed by atoms with Crippen molar-refractivity contribution in [3.8, 4) is 0 Å². The topological polar surface area (TPSA) is 71.5 Å². The lowest BCUT2D eigenvalue weighted by atomic mass is 10.4. The van der Waals surface area contributed by atoms with E-state index in [1.165, 1.54) is 11.3 Å². The van der Waals surface area contributed by atoms with Gasteiger partial charge in [0.1, 0.15) is 4.88 Å². The Morgan fingerprint density at radius 3 is 2.56 bits per heavy atom. The number of hydroxylamine groups is 1. The van der Waals surface area contributed by atoms with E-state index >= 15 is 0 Å². The first-order chi connectivity index (χ1) is 7.65. The molecule has 0 saturated carbocycles. The molecule has 2 N–H and O–H groups in total. The van der Waals surface area contributed by atoms with E-state index < -0.39 is 0 Å². The summed E-state index contributed by atoms with van der Waals surface area (Å²) < 4.78 is 0.